The maximum atomic E-state index is 12.8. The fraction of sp³-hybridized carbons (Fsp3) is 0.111. The smallest absolute Gasteiger partial charge is 0.244 e. The second kappa shape index (κ2) is 6.20. The van der Waals surface area contributed by atoms with Crippen molar-refractivity contribution in [2.75, 3.05) is 4.90 Å². The second-order valence-corrected chi connectivity index (χ2v) is 6.33. The van der Waals surface area contributed by atoms with Crippen LogP contribution in [0, 0.1) is 0 Å². The van der Waals surface area contributed by atoms with Gasteiger partial charge in [-0.2, -0.15) is 0 Å². The van der Waals surface area contributed by atoms with Gasteiger partial charge in [-0.05, 0) is 24.6 Å². The highest BCUT2D eigenvalue weighted by Crippen LogP contribution is 2.33. The molecular formula is C18H15NO2S. The molecule has 1 aliphatic heterocycles. The molecule has 0 aromatic heterocycles. The molecule has 3 nitrogen and oxygen atoms in total. The first-order chi connectivity index (χ1) is 10.7. The van der Waals surface area contributed by atoms with Gasteiger partial charge in [-0.15, -0.1) is 0 Å². The third-order valence-electron chi connectivity index (χ3n) is 3.44. The highest BCUT2D eigenvalue weighted by atomic mass is 32.2. The number of thioether (sulfide) groups is 1. The lowest BCUT2D eigenvalue weighted by molar-refractivity contribution is -0.117. The van der Waals surface area contributed by atoms with Crippen molar-refractivity contribution in [3.63, 3.8) is 0 Å². The molecule has 2 aromatic rings. The second-order valence-electron chi connectivity index (χ2n) is 4.98. The van der Waals surface area contributed by atoms with E-state index in [9.17, 15) is 9.59 Å². The summed E-state index contributed by atoms with van der Waals surface area (Å²) in [6, 6.07) is 18.9. The summed E-state index contributed by atoms with van der Waals surface area (Å²) in [5.41, 5.74) is 2.24. The average Bonchev–Trinajstić information content (AvgIpc) is 2.66. The summed E-state index contributed by atoms with van der Waals surface area (Å²) < 4.78 is 0. The van der Waals surface area contributed by atoms with E-state index in [0.29, 0.717) is 5.70 Å². The van der Waals surface area contributed by atoms with Gasteiger partial charge in [0.05, 0.1) is 10.9 Å². The molecule has 0 aliphatic carbocycles. The number of para-hydroxylation sites is 1. The fourth-order valence-electron chi connectivity index (χ4n) is 2.40. The molecule has 3 rings (SSSR count). The number of amides is 1. The predicted octanol–water partition coefficient (Wildman–Crippen LogP) is 3.72. The van der Waals surface area contributed by atoms with Crippen molar-refractivity contribution in [2.24, 2.45) is 0 Å². The van der Waals surface area contributed by atoms with E-state index in [2.05, 4.69) is 0 Å². The minimum Gasteiger partial charge on any atom is -0.282 e. The molecule has 1 amide bonds. The first-order valence-electron chi connectivity index (χ1n) is 7.03. The molecule has 1 atom stereocenters. The zero-order valence-electron chi connectivity index (χ0n) is 12.1. The highest BCUT2D eigenvalue weighted by molar-refractivity contribution is 8.15. The molecular weight excluding hydrogens is 294 g/mol. The van der Waals surface area contributed by atoms with Crippen LogP contribution in [-0.4, -0.2) is 16.3 Å². The minimum absolute atomic E-state index is 0.0860. The number of hydrogen-bond donors (Lipinski definition) is 0. The van der Waals surface area contributed by atoms with E-state index in [1.807, 2.05) is 60.7 Å². The van der Waals surface area contributed by atoms with Gasteiger partial charge in [-0.25, -0.2) is 0 Å². The van der Waals surface area contributed by atoms with Gasteiger partial charge in [0, 0.05) is 11.8 Å². The minimum atomic E-state index is -0.412. The fourth-order valence-corrected chi connectivity index (χ4v) is 3.13. The maximum absolute atomic E-state index is 12.8. The number of anilines is 1. The maximum Gasteiger partial charge on any atom is 0.244 e. The summed E-state index contributed by atoms with van der Waals surface area (Å²) in [6.45, 7) is 1.77. The third kappa shape index (κ3) is 2.83. The molecule has 1 unspecified atom stereocenters. The molecule has 110 valence electrons. The summed E-state index contributed by atoms with van der Waals surface area (Å²) in [7, 11) is 0. The van der Waals surface area contributed by atoms with Crippen LogP contribution in [-0.2, 0) is 9.59 Å². The zero-order valence-corrected chi connectivity index (χ0v) is 12.9. The highest BCUT2D eigenvalue weighted by Gasteiger charge is 2.31. The molecule has 0 spiro atoms. The van der Waals surface area contributed by atoms with Gasteiger partial charge < -0.3 is 0 Å². The lowest BCUT2D eigenvalue weighted by atomic mass is 10.1. The van der Waals surface area contributed by atoms with E-state index >= 15 is 0 Å². The van der Waals surface area contributed by atoms with Crippen LogP contribution in [0.15, 0.2) is 66.7 Å². The van der Waals surface area contributed by atoms with Crippen molar-refractivity contribution in [3.05, 3.63) is 72.3 Å². The molecule has 22 heavy (non-hydrogen) atoms. The molecule has 1 aliphatic rings. The Morgan fingerprint density at radius 2 is 1.50 bits per heavy atom. The molecule has 0 saturated heterocycles. The number of benzene rings is 2. The molecule has 2 aromatic carbocycles. The van der Waals surface area contributed by atoms with Crippen LogP contribution in [0.1, 0.15) is 12.5 Å². The Bertz CT molecular complexity index is 725. The van der Waals surface area contributed by atoms with Gasteiger partial charge in [-0.3, -0.25) is 14.5 Å². The molecule has 0 bridgehead atoms. The van der Waals surface area contributed by atoms with E-state index in [4.69, 9.17) is 0 Å². The third-order valence-corrected chi connectivity index (χ3v) is 4.35. The zero-order chi connectivity index (χ0) is 15.5. The Morgan fingerprint density at radius 1 is 0.909 bits per heavy atom. The van der Waals surface area contributed by atoms with Gasteiger partial charge in [0.15, 0.2) is 0 Å². The lowest BCUT2D eigenvalue weighted by Gasteiger charge is -2.26. The topological polar surface area (TPSA) is 37.4 Å². The van der Waals surface area contributed by atoms with E-state index in [0.717, 1.165) is 23.0 Å². The monoisotopic (exact) mass is 309 g/mol. The Balaban J connectivity index is 2.17. The Kier molecular flexibility index (Phi) is 4.11. The summed E-state index contributed by atoms with van der Waals surface area (Å²) in [5, 5.41) is -0.511. The molecule has 0 fully saturated rings. The number of carbonyl (C=O) groups excluding carboxylic acids is 2. The van der Waals surface area contributed by atoms with E-state index in [-0.39, 0.29) is 11.0 Å². The van der Waals surface area contributed by atoms with Crippen LogP contribution in [0.25, 0.3) is 5.70 Å². The van der Waals surface area contributed by atoms with Crippen molar-refractivity contribution < 1.29 is 9.59 Å². The Labute approximate surface area is 133 Å². The summed E-state index contributed by atoms with van der Waals surface area (Å²) in [5.74, 6) is -0.0860. The van der Waals surface area contributed by atoms with Gasteiger partial charge in [0.2, 0.25) is 11.0 Å². The van der Waals surface area contributed by atoms with Crippen molar-refractivity contribution >= 4 is 34.2 Å². The number of nitrogens with zero attached hydrogens (tertiary/aromatic N) is 1. The van der Waals surface area contributed by atoms with Gasteiger partial charge in [-0.1, -0.05) is 60.3 Å². The first kappa shape index (κ1) is 14.6. The largest absolute Gasteiger partial charge is 0.282 e. The standard InChI is InChI=1S/C18H15NO2S/c1-13-18(21)19(15-10-6-3-7-11-15)16(12-17(20)22-13)14-8-4-2-5-9-14/h2-13H,1H3. The molecule has 0 N–H and O–H groups in total. The van der Waals surface area contributed by atoms with Crippen LogP contribution in [0.2, 0.25) is 0 Å². The number of rotatable bonds is 2. The Morgan fingerprint density at radius 3 is 2.14 bits per heavy atom. The van der Waals surface area contributed by atoms with Crippen molar-refractivity contribution in [2.45, 2.75) is 12.2 Å². The predicted molar refractivity (Wildman–Crippen MR) is 90.4 cm³/mol. The molecule has 1 heterocycles. The van der Waals surface area contributed by atoms with Crippen LogP contribution in [0.5, 0.6) is 0 Å². The first-order valence-corrected chi connectivity index (χ1v) is 7.91. The van der Waals surface area contributed by atoms with Gasteiger partial charge in [0.25, 0.3) is 0 Å². The molecule has 0 radical (unpaired) electrons. The van der Waals surface area contributed by atoms with Crippen molar-refractivity contribution in [3.8, 4) is 0 Å². The van der Waals surface area contributed by atoms with E-state index in [1.54, 1.807) is 17.9 Å². The number of hydrogen-bond acceptors (Lipinski definition) is 3. The van der Waals surface area contributed by atoms with Crippen LogP contribution in [0.3, 0.4) is 0 Å². The normalized spacial score (nSPS) is 18.9. The van der Waals surface area contributed by atoms with Crippen LogP contribution < -0.4 is 4.90 Å². The van der Waals surface area contributed by atoms with Crippen LogP contribution in [0.4, 0.5) is 5.69 Å². The van der Waals surface area contributed by atoms with Crippen molar-refractivity contribution in [1.29, 1.82) is 0 Å². The summed E-state index contributed by atoms with van der Waals surface area (Å²) >= 11 is 1.06. The molecule has 4 heteroatoms. The van der Waals surface area contributed by atoms with E-state index < -0.39 is 5.25 Å². The summed E-state index contributed by atoms with van der Waals surface area (Å²) in [6.07, 6.45) is 1.55. The van der Waals surface area contributed by atoms with E-state index in [1.165, 1.54) is 0 Å². The molecule has 0 saturated carbocycles. The summed E-state index contributed by atoms with van der Waals surface area (Å²) in [4.78, 5) is 26.5. The average molecular weight is 309 g/mol. The quantitative estimate of drug-likeness (QED) is 0.848. The lowest BCUT2D eigenvalue weighted by Crippen LogP contribution is -2.34. The SMILES string of the molecule is CC1SC(=O)C=C(c2ccccc2)N(c2ccccc2)C1=O. The number of carbonyl (C=O) groups is 2. The van der Waals surface area contributed by atoms with Crippen molar-refractivity contribution in [1.82, 2.24) is 0 Å². The van der Waals surface area contributed by atoms with Gasteiger partial charge >= 0.3 is 0 Å². The Hall–Kier alpha value is -2.33. The van der Waals surface area contributed by atoms with Crippen LogP contribution >= 0.6 is 11.8 Å². The van der Waals surface area contributed by atoms with Gasteiger partial charge in [0.1, 0.15) is 0 Å².